The Hall–Kier alpha value is -0.480. The van der Waals surface area contributed by atoms with Gasteiger partial charge in [0.25, 0.3) is 10.0 Å². The zero-order valence-corrected chi connectivity index (χ0v) is 19.1. The molecule has 0 bridgehead atoms. The summed E-state index contributed by atoms with van der Waals surface area (Å²) in [4.78, 5) is 14.5. The van der Waals surface area contributed by atoms with E-state index in [0.29, 0.717) is 48.8 Å². The summed E-state index contributed by atoms with van der Waals surface area (Å²) in [5, 5.41) is 3.20. The molecule has 1 N–H and O–H groups in total. The van der Waals surface area contributed by atoms with Crippen LogP contribution in [0.4, 0.5) is 0 Å². The summed E-state index contributed by atoms with van der Waals surface area (Å²) in [5.41, 5.74) is 0. The molecule has 0 aromatic carbocycles. The Morgan fingerprint density at radius 1 is 1.22 bits per heavy atom. The fourth-order valence-electron chi connectivity index (χ4n) is 3.93. The second-order valence-corrected chi connectivity index (χ2v) is 12.3. The van der Waals surface area contributed by atoms with Crippen molar-refractivity contribution >= 4 is 43.2 Å². The van der Waals surface area contributed by atoms with Gasteiger partial charge in [-0.05, 0) is 46.3 Å². The third kappa shape index (κ3) is 5.12. The predicted molar refractivity (Wildman–Crippen MR) is 111 cm³/mol. The van der Waals surface area contributed by atoms with Crippen LogP contribution in [0.15, 0.2) is 20.1 Å². The Morgan fingerprint density at radius 3 is 2.56 bits per heavy atom. The standard InChI is InChI=1S/C18H28BrN3O3S2/c1-13-4-3-5-15(14(13)2)20-17(23)12-21-8-10-22(11-9-21)27(24,25)18-7-6-16(19)26-18/h6-7,13-15H,3-5,8-12H2,1-2H3,(H,20,23)/t13-,14+,15-/m1/s1. The molecule has 6 nitrogen and oxygen atoms in total. The molecule has 27 heavy (non-hydrogen) atoms. The van der Waals surface area contributed by atoms with Crippen molar-refractivity contribution in [2.75, 3.05) is 32.7 Å². The highest BCUT2D eigenvalue weighted by molar-refractivity contribution is 9.11. The highest BCUT2D eigenvalue weighted by Crippen LogP contribution is 2.30. The molecule has 1 aromatic heterocycles. The van der Waals surface area contributed by atoms with Crippen LogP contribution >= 0.6 is 27.3 Å². The maximum absolute atomic E-state index is 12.7. The van der Waals surface area contributed by atoms with E-state index in [1.807, 2.05) is 4.90 Å². The molecule has 2 aliphatic rings. The van der Waals surface area contributed by atoms with Gasteiger partial charge in [-0.3, -0.25) is 9.69 Å². The van der Waals surface area contributed by atoms with Gasteiger partial charge in [-0.2, -0.15) is 4.31 Å². The number of halogens is 1. The minimum atomic E-state index is -3.43. The van der Waals surface area contributed by atoms with Gasteiger partial charge in [0.05, 0.1) is 10.3 Å². The van der Waals surface area contributed by atoms with E-state index >= 15 is 0 Å². The van der Waals surface area contributed by atoms with E-state index in [-0.39, 0.29) is 11.9 Å². The minimum Gasteiger partial charge on any atom is -0.352 e. The predicted octanol–water partition coefficient (Wildman–Crippen LogP) is 2.76. The lowest BCUT2D eigenvalue weighted by molar-refractivity contribution is -0.124. The third-order valence-electron chi connectivity index (χ3n) is 5.89. The van der Waals surface area contributed by atoms with Gasteiger partial charge in [0.2, 0.25) is 5.91 Å². The lowest BCUT2D eigenvalue weighted by atomic mass is 9.78. The van der Waals surface area contributed by atoms with Crippen molar-refractivity contribution < 1.29 is 13.2 Å². The first-order valence-corrected chi connectivity index (χ1v) is 12.6. The number of hydrogen-bond donors (Lipinski definition) is 1. The first-order valence-electron chi connectivity index (χ1n) is 9.54. The summed E-state index contributed by atoms with van der Waals surface area (Å²) in [6.07, 6.45) is 3.47. The Bertz CT molecular complexity index is 760. The van der Waals surface area contributed by atoms with Gasteiger partial charge >= 0.3 is 0 Å². The SMILES string of the molecule is C[C@H]1[C@H](C)CCC[C@H]1NC(=O)CN1CCN(S(=O)(=O)c2ccc(Br)s2)CC1. The Balaban J connectivity index is 1.48. The third-order valence-corrected chi connectivity index (χ3v) is 9.88. The van der Waals surface area contributed by atoms with Crippen molar-refractivity contribution in [3.63, 3.8) is 0 Å². The maximum atomic E-state index is 12.7. The van der Waals surface area contributed by atoms with E-state index in [1.165, 1.54) is 28.5 Å². The van der Waals surface area contributed by atoms with Crippen LogP contribution in [0, 0.1) is 11.8 Å². The minimum absolute atomic E-state index is 0.0550. The molecule has 1 aromatic rings. The number of nitrogens with zero attached hydrogens (tertiary/aromatic N) is 2. The van der Waals surface area contributed by atoms with Gasteiger partial charge < -0.3 is 5.32 Å². The molecule has 3 rings (SSSR count). The van der Waals surface area contributed by atoms with Crippen LogP contribution in [0.2, 0.25) is 0 Å². The van der Waals surface area contributed by atoms with Crippen LogP contribution in [0.5, 0.6) is 0 Å². The Kier molecular flexibility index (Phi) is 7.00. The summed E-state index contributed by atoms with van der Waals surface area (Å²) in [7, 11) is -3.43. The van der Waals surface area contributed by atoms with E-state index < -0.39 is 10.0 Å². The van der Waals surface area contributed by atoms with Gasteiger partial charge in [0.1, 0.15) is 4.21 Å². The number of piperazine rings is 1. The zero-order chi connectivity index (χ0) is 19.6. The molecular formula is C18H28BrN3O3S2. The van der Waals surface area contributed by atoms with Crippen LogP contribution in [-0.4, -0.2) is 62.3 Å². The van der Waals surface area contributed by atoms with Gasteiger partial charge in [0, 0.05) is 32.2 Å². The average Bonchev–Trinajstić information content (AvgIpc) is 3.07. The highest BCUT2D eigenvalue weighted by atomic mass is 79.9. The van der Waals surface area contributed by atoms with Gasteiger partial charge in [0.15, 0.2) is 0 Å². The number of hydrogen-bond acceptors (Lipinski definition) is 5. The fourth-order valence-corrected chi connectivity index (χ4v) is 7.52. The van der Waals surface area contributed by atoms with Crippen molar-refractivity contribution in [1.29, 1.82) is 0 Å². The van der Waals surface area contributed by atoms with Crippen LogP contribution in [0.3, 0.4) is 0 Å². The smallest absolute Gasteiger partial charge is 0.252 e. The van der Waals surface area contributed by atoms with Gasteiger partial charge in [-0.15, -0.1) is 11.3 Å². The molecule has 3 atom stereocenters. The summed E-state index contributed by atoms with van der Waals surface area (Å²) in [5.74, 6) is 1.21. The van der Waals surface area contributed by atoms with Crippen molar-refractivity contribution in [2.24, 2.45) is 11.8 Å². The van der Waals surface area contributed by atoms with Crippen molar-refractivity contribution in [3.05, 3.63) is 15.9 Å². The number of amides is 1. The van der Waals surface area contributed by atoms with Gasteiger partial charge in [-0.25, -0.2) is 8.42 Å². The first kappa shape index (κ1) is 21.2. The lowest BCUT2D eigenvalue weighted by Gasteiger charge is -2.36. The molecule has 0 radical (unpaired) electrons. The van der Waals surface area contributed by atoms with E-state index in [0.717, 1.165) is 10.2 Å². The molecule has 1 saturated carbocycles. The van der Waals surface area contributed by atoms with Gasteiger partial charge in [-0.1, -0.05) is 26.7 Å². The largest absolute Gasteiger partial charge is 0.352 e. The maximum Gasteiger partial charge on any atom is 0.252 e. The normalized spacial score (nSPS) is 28.2. The highest BCUT2D eigenvalue weighted by Gasteiger charge is 2.31. The Morgan fingerprint density at radius 2 is 1.93 bits per heavy atom. The van der Waals surface area contributed by atoms with Crippen molar-refractivity contribution in [1.82, 2.24) is 14.5 Å². The summed E-state index contributed by atoms with van der Waals surface area (Å²) >= 11 is 4.55. The zero-order valence-electron chi connectivity index (χ0n) is 15.9. The number of carbonyl (C=O) groups is 1. The molecule has 1 amide bonds. The number of rotatable bonds is 5. The molecule has 152 valence electrons. The van der Waals surface area contributed by atoms with Crippen LogP contribution in [0.25, 0.3) is 0 Å². The average molecular weight is 478 g/mol. The molecular weight excluding hydrogens is 450 g/mol. The molecule has 1 aliphatic heterocycles. The number of carbonyl (C=O) groups excluding carboxylic acids is 1. The molecule has 2 fully saturated rings. The van der Waals surface area contributed by atoms with Crippen LogP contribution in [-0.2, 0) is 14.8 Å². The number of nitrogens with one attached hydrogen (secondary N) is 1. The topological polar surface area (TPSA) is 69.7 Å². The summed E-state index contributed by atoms with van der Waals surface area (Å²) in [6, 6.07) is 3.65. The van der Waals surface area contributed by atoms with Crippen molar-refractivity contribution in [2.45, 2.75) is 43.4 Å². The van der Waals surface area contributed by atoms with E-state index in [1.54, 1.807) is 12.1 Å². The van der Waals surface area contributed by atoms with E-state index in [9.17, 15) is 13.2 Å². The molecule has 0 spiro atoms. The fraction of sp³-hybridized carbons (Fsp3) is 0.722. The molecule has 1 saturated heterocycles. The van der Waals surface area contributed by atoms with Crippen LogP contribution < -0.4 is 5.32 Å². The van der Waals surface area contributed by atoms with E-state index in [2.05, 4.69) is 35.1 Å². The summed E-state index contributed by atoms with van der Waals surface area (Å²) in [6.45, 7) is 6.82. The summed E-state index contributed by atoms with van der Waals surface area (Å²) < 4.78 is 28.0. The molecule has 1 aliphatic carbocycles. The first-order chi connectivity index (χ1) is 12.8. The number of sulfonamides is 1. The molecule has 0 unspecified atom stereocenters. The number of thiophene rings is 1. The molecule has 9 heteroatoms. The lowest BCUT2D eigenvalue weighted by Crippen LogP contribution is -2.52. The molecule has 2 heterocycles. The monoisotopic (exact) mass is 477 g/mol. The van der Waals surface area contributed by atoms with Crippen LogP contribution in [0.1, 0.15) is 33.1 Å². The Labute approximate surface area is 174 Å². The second kappa shape index (κ2) is 8.90. The quantitative estimate of drug-likeness (QED) is 0.707. The second-order valence-electron chi connectivity index (χ2n) is 7.68. The van der Waals surface area contributed by atoms with E-state index in [4.69, 9.17) is 0 Å². The van der Waals surface area contributed by atoms with Crippen molar-refractivity contribution in [3.8, 4) is 0 Å².